The zero-order valence-electron chi connectivity index (χ0n) is 13.7. The van der Waals surface area contributed by atoms with Crippen LogP contribution in [0, 0.1) is 5.82 Å². The molecule has 0 fully saturated rings. The number of halogens is 4. The van der Waals surface area contributed by atoms with Crippen molar-refractivity contribution in [3.63, 3.8) is 0 Å². The molecule has 0 spiro atoms. The molecule has 1 heterocycles. The minimum Gasteiger partial charge on any atom is -0.477 e. The van der Waals surface area contributed by atoms with Crippen LogP contribution in [0.2, 0.25) is 0 Å². The lowest BCUT2D eigenvalue weighted by atomic mass is 10.2. The standard InChI is InChI=1S/C17H19F4N3O/c1-2-3-4-5-10-25-15-14(17(19,20)21)11-22-16(24-15)23-13-8-6-12(18)7-9-13/h6-9,11H,2-5,10H2,1H3,(H,22,23,24). The lowest BCUT2D eigenvalue weighted by Gasteiger charge is -2.14. The topological polar surface area (TPSA) is 47.0 Å². The summed E-state index contributed by atoms with van der Waals surface area (Å²) >= 11 is 0. The van der Waals surface area contributed by atoms with Gasteiger partial charge >= 0.3 is 6.18 Å². The van der Waals surface area contributed by atoms with Gasteiger partial charge in [0.2, 0.25) is 11.8 Å². The zero-order valence-corrected chi connectivity index (χ0v) is 13.7. The Hall–Kier alpha value is -2.38. The van der Waals surface area contributed by atoms with Gasteiger partial charge in [-0.1, -0.05) is 26.2 Å². The molecule has 0 saturated heterocycles. The van der Waals surface area contributed by atoms with E-state index in [2.05, 4.69) is 15.3 Å². The van der Waals surface area contributed by atoms with Crippen molar-refractivity contribution in [1.82, 2.24) is 9.97 Å². The number of benzene rings is 1. The lowest BCUT2D eigenvalue weighted by molar-refractivity contribution is -0.139. The number of rotatable bonds is 8. The summed E-state index contributed by atoms with van der Waals surface area (Å²) < 4.78 is 57.3. The van der Waals surface area contributed by atoms with Gasteiger partial charge in [-0.2, -0.15) is 18.2 Å². The Bertz CT molecular complexity index is 675. The number of hydrogen-bond acceptors (Lipinski definition) is 4. The van der Waals surface area contributed by atoms with E-state index in [1.807, 2.05) is 6.92 Å². The number of nitrogens with zero attached hydrogens (tertiary/aromatic N) is 2. The van der Waals surface area contributed by atoms with E-state index in [0.29, 0.717) is 18.3 Å². The molecule has 0 amide bonds. The van der Waals surface area contributed by atoms with Gasteiger partial charge in [-0.25, -0.2) is 9.37 Å². The van der Waals surface area contributed by atoms with Gasteiger partial charge in [-0.05, 0) is 30.7 Å². The Kier molecular flexibility index (Phi) is 6.55. The van der Waals surface area contributed by atoms with Crippen molar-refractivity contribution in [2.75, 3.05) is 11.9 Å². The molecule has 8 heteroatoms. The van der Waals surface area contributed by atoms with E-state index in [1.54, 1.807) is 0 Å². The molecule has 0 atom stereocenters. The van der Waals surface area contributed by atoms with E-state index in [4.69, 9.17) is 4.74 Å². The summed E-state index contributed by atoms with van der Waals surface area (Å²) in [6.07, 6.45) is -0.378. The number of unbranched alkanes of at least 4 members (excludes halogenated alkanes) is 3. The van der Waals surface area contributed by atoms with Crippen molar-refractivity contribution in [3.8, 4) is 5.88 Å². The zero-order chi connectivity index (χ0) is 18.3. The molecule has 25 heavy (non-hydrogen) atoms. The fraction of sp³-hybridized carbons (Fsp3) is 0.412. The van der Waals surface area contributed by atoms with Crippen LogP contribution in [0.5, 0.6) is 5.88 Å². The minimum atomic E-state index is -4.60. The first-order valence-electron chi connectivity index (χ1n) is 7.99. The van der Waals surface area contributed by atoms with Gasteiger partial charge in [-0.3, -0.25) is 0 Å². The van der Waals surface area contributed by atoms with Crippen molar-refractivity contribution in [3.05, 3.63) is 41.8 Å². The van der Waals surface area contributed by atoms with Crippen LogP contribution in [0.3, 0.4) is 0 Å². The highest BCUT2D eigenvalue weighted by molar-refractivity contribution is 5.53. The SMILES string of the molecule is CCCCCCOc1nc(Nc2ccc(F)cc2)ncc1C(F)(F)F. The first kappa shape index (κ1) is 19.0. The van der Waals surface area contributed by atoms with Crippen molar-refractivity contribution in [2.24, 2.45) is 0 Å². The van der Waals surface area contributed by atoms with Crippen molar-refractivity contribution < 1.29 is 22.3 Å². The van der Waals surface area contributed by atoms with Gasteiger partial charge in [0.1, 0.15) is 11.4 Å². The van der Waals surface area contributed by atoms with E-state index >= 15 is 0 Å². The molecule has 0 saturated carbocycles. The van der Waals surface area contributed by atoms with Crippen LogP contribution in [-0.4, -0.2) is 16.6 Å². The Labute approximate surface area is 143 Å². The van der Waals surface area contributed by atoms with Gasteiger partial charge in [0, 0.05) is 11.9 Å². The molecule has 1 aromatic heterocycles. The number of aromatic nitrogens is 2. The number of hydrogen-bond donors (Lipinski definition) is 1. The first-order valence-corrected chi connectivity index (χ1v) is 7.99. The van der Waals surface area contributed by atoms with Crippen LogP contribution < -0.4 is 10.1 Å². The third kappa shape index (κ3) is 5.88. The maximum Gasteiger partial charge on any atom is 0.423 e. The van der Waals surface area contributed by atoms with Crippen LogP contribution in [0.25, 0.3) is 0 Å². The lowest BCUT2D eigenvalue weighted by Crippen LogP contribution is -2.13. The Morgan fingerprint density at radius 1 is 1.08 bits per heavy atom. The first-order chi connectivity index (χ1) is 11.9. The van der Waals surface area contributed by atoms with Crippen LogP contribution in [0.1, 0.15) is 38.2 Å². The summed E-state index contributed by atoms with van der Waals surface area (Å²) in [6, 6.07) is 5.30. The fourth-order valence-corrected chi connectivity index (χ4v) is 2.09. The average molecular weight is 357 g/mol. The van der Waals surface area contributed by atoms with Crippen molar-refractivity contribution in [1.29, 1.82) is 0 Å². The van der Waals surface area contributed by atoms with E-state index in [-0.39, 0.29) is 12.6 Å². The highest BCUT2D eigenvalue weighted by Crippen LogP contribution is 2.35. The third-order valence-electron chi connectivity index (χ3n) is 3.40. The van der Waals surface area contributed by atoms with Crippen molar-refractivity contribution in [2.45, 2.75) is 38.8 Å². The fourth-order valence-electron chi connectivity index (χ4n) is 2.09. The third-order valence-corrected chi connectivity index (χ3v) is 3.40. The molecule has 0 bridgehead atoms. The molecule has 2 rings (SSSR count). The van der Waals surface area contributed by atoms with Crippen molar-refractivity contribution >= 4 is 11.6 Å². The molecule has 2 aromatic rings. The van der Waals surface area contributed by atoms with Gasteiger partial charge in [0.15, 0.2) is 0 Å². The molecule has 1 aromatic carbocycles. The quantitative estimate of drug-likeness (QED) is 0.512. The van der Waals surface area contributed by atoms with E-state index in [0.717, 1.165) is 19.3 Å². The van der Waals surface area contributed by atoms with Gasteiger partial charge < -0.3 is 10.1 Å². The molecular weight excluding hydrogens is 338 g/mol. The summed E-state index contributed by atoms with van der Waals surface area (Å²) in [5, 5.41) is 2.72. The summed E-state index contributed by atoms with van der Waals surface area (Å²) in [5.74, 6) is -0.984. The molecule has 0 aliphatic rings. The molecule has 0 unspecified atom stereocenters. The molecule has 0 aliphatic heterocycles. The predicted octanol–water partition coefficient (Wildman–Crippen LogP) is 5.34. The monoisotopic (exact) mass is 357 g/mol. The second-order valence-electron chi connectivity index (χ2n) is 5.45. The smallest absolute Gasteiger partial charge is 0.423 e. The summed E-state index contributed by atoms with van der Waals surface area (Å²) in [7, 11) is 0. The number of nitrogens with one attached hydrogen (secondary N) is 1. The molecule has 1 N–H and O–H groups in total. The Morgan fingerprint density at radius 2 is 1.80 bits per heavy atom. The normalized spacial score (nSPS) is 11.4. The maximum atomic E-state index is 13.1. The number of anilines is 2. The van der Waals surface area contributed by atoms with Crippen LogP contribution in [-0.2, 0) is 6.18 Å². The minimum absolute atomic E-state index is 0.0526. The van der Waals surface area contributed by atoms with E-state index in [9.17, 15) is 17.6 Å². The summed E-state index contributed by atoms with van der Waals surface area (Å²) in [5.41, 5.74) is -0.567. The summed E-state index contributed by atoms with van der Waals surface area (Å²) in [4.78, 5) is 7.48. The predicted molar refractivity (Wildman–Crippen MR) is 86.4 cm³/mol. The van der Waals surface area contributed by atoms with Crippen LogP contribution in [0.15, 0.2) is 30.5 Å². The highest BCUT2D eigenvalue weighted by Gasteiger charge is 2.36. The Balaban J connectivity index is 2.13. The highest BCUT2D eigenvalue weighted by atomic mass is 19.4. The number of ether oxygens (including phenoxy) is 1. The molecule has 136 valence electrons. The second kappa shape index (κ2) is 8.64. The van der Waals surface area contributed by atoms with E-state index in [1.165, 1.54) is 24.3 Å². The molecular formula is C17H19F4N3O. The Morgan fingerprint density at radius 3 is 2.44 bits per heavy atom. The molecule has 0 radical (unpaired) electrons. The largest absolute Gasteiger partial charge is 0.477 e. The number of alkyl halides is 3. The molecule has 4 nitrogen and oxygen atoms in total. The van der Waals surface area contributed by atoms with Gasteiger partial charge in [0.05, 0.1) is 6.61 Å². The maximum absolute atomic E-state index is 13.1. The van der Waals surface area contributed by atoms with E-state index < -0.39 is 23.4 Å². The van der Waals surface area contributed by atoms with Crippen LogP contribution in [0.4, 0.5) is 29.2 Å². The van der Waals surface area contributed by atoms with Gasteiger partial charge in [0.25, 0.3) is 0 Å². The van der Waals surface area contributed by atoms with Gasteiger partial charge in [-0.15, -0.1) is 0 Å². The van der Waals surface area contributed by atoms with Crippen LogP contribution >= 0.6 is 0 Å². The second-order valence-corrected chi connectivity index (χ2v) is 5.45. The average Bonchev–Trinajstić information content (AvgIpc) is 2.56. The summed E-state index contributed by atoms with van der Waals surface area (Å²) in [6.45, 7) is 2.19. The molecule has 0 aliphatic carbocycles.